The highest BCUT2D eigenvalue weighted by molar-refractivity contribution is 5.53. The molecule has 0 saturated carbocycles. The highest BCUT2D eigenvalue weighted by Gasteiger charge is 2.29. The minimum Gasteiger partial charge on any atom is -0.377 e. The van der Waals surface area contributed by atoms with Crippen molar-refractivity contribution in [1.82, 2.24) is 24.9 Å². The van der Waals surface area contributed by atoms with Gasteiger partial charge in [0, 0.05) is 55.8 Å². The summed E-state index contributed by atoms with van der Waals surface area (Å²) in [4.78, 5) is 26.7. The summed E-state index contributed by atoms with van der Waals surface area (Å²) in [6.45, 7) is 6.77. The number of aromatic nitrogens is 5. The van der Waals surface area contributed by atoms with Crippen LogP contribution in [0.15, 0.2) is 36.8 Å². The van der Waals surface area contributed by atoms with Gasteiger partial charge < -0.3 is 14.5 Å². The zero-order chi connectivity index (χ0) is 21.4. The van der Waals surface area contributed by atoms with Crippen LogP contribution in [0.2, 0.25) is 0 Å². The minimum atomic E-state index is -0.287. The van der Waals surface area contributed by atoms with Gasteiger partial charge in [0.25, 0.3) is 0 Å². The zero-order valence-corrected chi connectivity index (χ0v) is 17.6. The van der Waals surface area contributed by atoms with Gasteiger partial charge in [0.2, 0.25) is 0 Å². The van der Waals surface area contributed by atoms with Crippen molar-refractivity contribution in [2.24, 2.45) is 0 Å². The number of halogens is 1. The van der Waals surface area contributed by atoms with E-state index in [0.29, 0.717) is 56.0 Å². The van der Waals surface area contributed by atoms with Crippen molar-refractivity contribution in [2.45, 2.75) is 32.4 Å². The second kappa shape index (κ2) is 8.14. The van der Waals surface area contributed by atoms with Crippen molar-refractivity contribution in [3.63, 3.8) is 0 Å². The Morgan fingerprint density at radius 3 is 2.52 bits per heavy atom. The molecule has 0 spiro atoms. The van der Waals surface area contributed by atoms with Gasteiger partial charge in [-0.15, -0.1) is 0 Å². The van der Waals surface area contributed by atoms with E-state index in [9.17, 15) is 4.39 Å². The second-order valence-corrected chi connectivity index (χ2v) is 7.91. The first-order valence-electron chi connectivity index (χ1n) is 10.5. The molecule has 0 bridgehead atoms. The van der Waals surface area contributed by atoms with E-state index < -0.39 is 0 Å². The van der Waals surface area contributed by atoms with Crippen LogP contribution in [0, 0.1) is 5.82 Å². The van der Waals surface area contributed by atoms with Crippen molar-refractivity contribution in [3.8, 4) is 11.6 Å². The van der Waals surface area contributed by atoms with Crippen LogP contribution in [0.25, 0.3) is 11.6 Å². The van der Waals surface area contributed by atoms with Gasteiger partial charge in [-0.1, -0.05) is 0 Å². The molecule has 0 aliphatic carbocycles. The van der Waals surface area contributed by atoms with Crippen LogP contribution < -0.4 is 9.80 Å². The van der Waals surface area contributed by atoms with Gasteiger partial charge in [-0.3, -0.25) is 0 Å². The van der Waals surface area contributed by atoms with E-state index in [2.05, 4.69) is 38.6 Å². The standard InChI is InChI=1S/C22H24FN7O/c1-14-13-31-9-8-29(14)19-10-16(23)11-20(28-19)30-7-4-18-17(15(30)2)12-26-22(27-18)21-24-5-3-6-25-21/h3,5-6,10-12,14-15H,4,7-9,13H2,1-2H3. The Hall–Kier alpha value is -3.20. The predicted octanol–water partition coefficient (Wildman–Crippen LogP) is 2.82. The molecule has 8 nitrogen and oxygen atoms in total. The lowest BCUT2D eigenvalue weighted by molar-refractivity contribution is 0.0985. The van der Waals surface area contributed by atoms with Gasteiger partial charge in [0.05, 0.1) is 31.0 Å². The first-order valence-corrected chi connectivity index (χ1v) is 10.5. The summed E-state index contributed by atoms with van der Waals surface area (Å²) >= 11 is 0. The molecule has 1 fully saturated rings. The molecule has 5 heterocycles. The predicted molar refractivity (Wildman–Crippen MR) is 114 cm³/mol. The van der Waals surface area contributed by atoms with E-state index in [1.54, 1.807) is 18.5 Å². The molecule has 3 aromatic rings. The number of pyridine rings is 1. The first-order chi connectivity index (χ1) is 15.1. The summed E-state index contributed by atoms with van der Waals surface area (Å²) in [5.41, 5.74) is 1.98. The molecular weight excluding hydrogens is 397 g/mol. The Morgan fingerprint density at radius 2 is 1.74 bits per heavy atom. The maximum Gasteiger partial charge on any atom is 0.197 e. The lowest BCUT2D eigenvalue weighted by Crippen LogP contribution is -2.44. The van der Waals surface area contributed by atoms with Crippen LogP contribution in [-0.2, 0) is 11.2 Å². The number of hydrogen-bond donors (Lipinski definition) is 0. The van der Waals surface area contributed by atoms with E-state index in [4.69, 9.17) is 14.7 Å². The summed E-state index contributed by atoms with van der Waals surface area (Å²) in [7, 11) is 0. The third kappa shape index (κ3) is 3.81. The summed E-state index contributed by atoms with van der Waals surface area (Å²) in [6, 6.07) is 4.90. The van der Waals surface area contributed by atoms with Gasteiger partial charge in [-0.2, -0.15) is 0 Å². The maximum atomic E-state index is 14.6. The maximum absolute atomic E-state index is 14.6. The number of ether oxygens (including phenoxy) is 1. The number of anilines is 2. The number of rotatable bonds is 3. The lowest BCUT2D eigenvalue weighted by Gasteiger charge is -2.37. The van der Waals surface area contributed by atoms with Crippen LogP contribution in [-0.4, -0.2) is 57.3 Å². The summed E-state index contributed by atoms with van der Waals surface area (Å²) < 4.78 is 20.1. The number of morpholine rings is 1. The fraction of sp³-hybridized carbons (Fsp3) is 0.409. The molecule has 160 valence electrons. The van der Waals surface area contributed by atoms with Gasteiger partial charge in [-0.05, 0) is 19.9 Å². The van der Waals surface area contributed by atoms with Crippen LogP contribution in [0.4, 0.5) is 16.0 Å². The van der Waals surface area contributed by atoms with Gasteiger partial charge in [0.15, 0.2) is 11.6 Å². The molecule has 5 rings (SSSR count). The van der Waals surface area contributed by atoms with Crippen LogP contribution in [0.3, 0.4) is 0 Å². The molecule has 9 heteroatoms. The number of hydrogen-bond acceptors (Lipinski definition) is 8. The Bertz CT molecular complexity index is 1080. The van der Waals surface area contributed by atoms with Crippen molar-refractivity contribution in [1.29, 1.82) is 0 Å². The van der Waals surface area contributed by atoms with Crippen molar-refractivity contribution >= 4 is 11.6 Å². The average molecular weight is 421 g/mol. The first kappa shape index (κ1) is 19.7. The molecule has 0 radical (unpaired) electrons. The Morgan fingerprint density at radius 1 is 0.968 bits per heavy atom. The third-order valence-electron chi connectivity index (χ3n) is 5.89. The average Bonchev–Trinajstić information content (AvgIpc) is 2.79. The highest BCUT2D eigenvalue weighted by Crippen LogP contribution is 2.33. The third-order valence-corrected chi connectivity index (χ3v) is 5.89. The molecule has 2 unspecified atom stereocenters. The number of nitrogens with zero attached hydrogens (tertiary/aromatic N) is 7. The van der Waals surface area contributed by atoms with Gasteiger partial charge in [0.1, 0.15) is 17.5 Å². The van der Waals surface area contributed by atoms with Gasteiger partial charge >= 0.3 is 0 Å². The van der Waals surface area contributed by atoms with Crippen molar-refractivity contribution in [3.05, 3.63) is 53.9 Å². The minimum absolute atomic E-state index is 0.0289. The molecule has 1 saturated heterocycles. The van der Waals surface area contributed by atoms with Gasteiger partial charge in [-0.25, -0.2) is 29.3 Å². The molecule has 2 aliphatic heterocycles. The molecule has 2 atom stereocenters. The highest BCUT2D eigenvalue weighted by atomic mass is 19.1. The van der Waals surface area contributed by atoms with E-state index in [1.807, 2.05) is 6.20 Å². The molecule has 2 aliphatic rings. The molecule has 3 aromatic heterocycles. The zero-order valence-electron chi connectivity index (χ0n) is 17.6. The SMILES string of the molecule is CC1COCCN1c1cc(F)cc(N2CCc3nc(-c4ncccn4)ncc3C2C)n1. The van der Waals surface area contributed by atoms with Crippen molar-refractivity contribution in [2.75, 3.05) is 36.1 Å². The summed E-state index contributed by atoms with van der Waals surface area (Å²) in [5.74, 6) is 2.02. The Labute approximate surface area is 180 Å². The number of fused-ring (bicyclic) bond motifs is 1. The molecule has 31 heavy (non-hydrogen) atoms. The van der Waals surface area contributed by atoms with Crippen molar-refractivity contribution < 1.29 is 9.13 Å². The molecule has 0 N–H and O–H groups in total. The van der Waals surface area contributed by atoms with Crippen LogP contribution in [0.1, 0.15) is 31.1 Å². The summed E-state index contributed by atoms with van der Waals surface area (Å²) in [6.07, 6.45) is 5.90. The second-order valence-electron chi connectivity index (χ2n) is 7.91. The fourth-order valence-corrected chi connectivity index (χ4v) is 4.23. The molecule has 0 amide bonds. The molecular formula is C22H24FN7O. The Kier molecular flexibility index (Phi) is 5.19. The quantitative estimate of drug-likeness (QED) is 0.639. The summed E-state index contributed by atoms with van der Waals surface area (Å²) in [5, 5.41) is 0. The lowest BCUT2D eigenvalue weighted by atomic mass is 9.99. The monoisotopic (exact) mass is 421 g/mol. The Balaban J connectivity index is 1.44. The van der Waals surface area contributed by atoms with E-state index >= 15 is 0 Å². The molecule has 0 aromatic carbocycles. The normalized spacial score (nSPS) is 21.1. The van der Waals surface area contributed by atoms with E-state index in [1.165, 1.54) is 12.1 Å². The largest absolute Gasteiger partial charge is 0.377 e. The topological polar surface area (TPSA) is 80.2 Å². The van der Waals surface area contributed by atoms with Crippen LogP contribution in [0.5, 0.6) is 0 Å². The van der Waals surface area contributed by atoms with Crippen LogP contribution >= 0.6 is 0 Å². The smallest absolute Gasteiger partial charge is 0.197 e. The van der Waals surface area contributed by atoms with E-state index in [0.717, 1.165) is 11.3 Å². The fourth-order valence-electron chi connectivity index (χ4n) is 4.23. The van der Waals surface area contributed by atoms with E-state index in [-0.39, 0.29) is 17.9 Å².